The SMILES string of the molecule is CCN(CC)C(=O)c1cc(NC(=O)Nc2ccc([N+](=O)[O-])cc2)ccc1N(C)C. The number of hydrogen-bond acceptors (Lipinski definition) is 5. The lowest BCUT2D eigenvalue weighted by atomic mass is 10.1. The first-order valence-electron chi connectivity index (χ1n) is 9.19. The van der Waals surface area contributed by atoms with E-state index in [1.807, 2.05) is 32.8 Å². The van der Waals surface area contributed by atoms with Crippen LogP contribution in [0.25, 0.3) is 0 Å². The molecule has 154 valence electrons. The van der Waals surface area contributed by atoms with Crippen LogP contribution < -0.4 is 15.5 Å². The minimum Gasteiger partial charge on any atom is -0.377 e. The molecule has 9 heteroatoms. The lowest BCUT2D eigenvalue weighted by Crippen LogP contribution is -2.32. The first-order chi connectivity index (χ1) is 13.8. The highest BCUT2D eigenvalue weighted by molar-refractivity contribution is 6.04. The molecule has 0 bridgehead atoms. The van der Waals surface area contributed by atoms with Gasteiger partial charge < -0.3 is 20.4 Å². The van der Waals surface area contributed by atoms with Gasteiger partial charge in [-0.3, -0.25) is 14.9 Å². The Bertz CT molecular complexity index is 892. The van der Waals surface area contributed by atoms with E-state index in [1.165, 1.54) is 24.3 Å². The number of non-ortho nitro benzene ring substituents is 1. The number of nitro groups is 1. The highest BCUT2D eigenvalue weighted by Crippen LogP contribution is 2.25. The maximum absolute atomic E-state index is 12.9. The Kier molecular flexibility index (Phi) is 7.13. The maximum atomic E-state index is 12.9. The quantitative estimate of drug-likeness (QED) is 0.544. The van der Waals surface area contributed by atoms with Gasteiger partial charge in [0, 0.05) is 56.4 Å². The fraction of sp³-hybridized carbons (Fsp3) is 0.300. The van der Waals surface area contributed by atoms with Crippen molar-refractivity contribution < 1.29 is 14.5 Å². The zero-order chi connectivity index (χ0) is 21.6. The van der Waals surface area contributed by atoms with Crippen LogP contribution in [0, 0.1) is 10.1 Å². The van der Waals surface area contributed by atoms with Gasteiger partial charge in [0.25, 0.3) is 11.6 Å². The van der Waals surface area contributed by atoms with Gasteiger partial charge in [-0.1, -0.05) is 0 Å². The van der Waals surface area contributed by atoms with Crippen molar-refractivity contribution in [2.75, 3.05) is 42.7 Å². The Balaban J connectivity index is 2.19. The molecule has 0 saturated heterocycles. The minimum atomic E-state index is -0.516. The van der Waals surface area contributed by atoms with Crippen molar-refractivity contribution in [1.82, 2.24) is 4.90 Å². The topological polar surface area (TPSA) is 108 Å². The van der Waals surface area contributed by atoms with Crippen LogP contribution in [-0.4, -0.2) is 48.9 Å². The molecule has 0 aromatic heterocycles. The van der Waals surface area contributed by atoms with Gasteiger partial charge in [-0.25, -0.2) is 4.79 Å². The zero-order valence-corrected chi connectivity index (χ0v) is 16.9. The Morgan fingerprint density at radius 2 is 1.52 bits per heavy atom. The van der Waals surface area contributed by atoms with E-state index in [4.69, 9.17) is 0 Å². The predicted molar refractivity (Wildman–Crippen MR) is 114 cm³/mol. The van der Waals surface area contributed by atoms with Gasteiger partial charge in [-0.15, -0.1) is 0 Å². The normalized spacial score (nSPS) is 10.2. The highest BCUT2D eigenvalue weighted by atomic mass is 16.6. The summed E-state index contributed by atoms with van der Waals surface area (Å²) in [5.74, 6) is -0.113. The number of carbonyl (C=O) groups is 2. The van der Waals surface area contributed by atoms with Crippen LogP contribution in [-0.2, 0) is 0 Å². The van der Waals surface area contributed by atoms with E-state index < -0.39 is 11.0 Å². The van der Waals surface area contributed by atoms with Crippen molar-refractivity contribution in [3.05, 3.63) is 58.1 Å². The van der Waals surface area contributed by atoms with Crippen LogP contribution >= 0.6 is 0 Å². The number of hydrogen-bond donors (Lipinski definition) is 2. The third-order valence-corrected chi connectivity index (χ3v) is 4.35. The van der Waals surface area contributed by atoms with Crippen LogP contribution in [0.15, 0.2) is 42.5 Å². The summed E-state index contributed by atoms with van der Waals surface area (Å²) in [5.41, 5.74) is 2.06. The first-order valence-corrected chi connectivity index (χ1v) is 9.19. The van der Waals surface area contributed by atoms with Gasteiger partial charge in [-0.05, 0) is 44.2 Å². The number of nitro benzene ring substituents is 1. The summed E-state index contributed by atoms with van der Waals surface area (Å²) < 4.78 is 0. The van der Waals surface area contributed by atoms with Crippen LogP contribution in [0.2, 0.25) is 0 Å². The molecule has 0 aliphatic rings. The molecule has 0 spiro atoms. The van der Waals surface area contributed by atoms with Crippen LogP contribution in [0.3, 0.4) is 0 Å². The average Bonchev–Trinajstić information content (AvgIpc) is 2.68. The third-order valence-electron chi connectivity index (χ3n) is 4.35. The predicted octanol–water partition coefficient (Wildman–Crippen LogP) is 3.79. The molecule has 0 fully saturated rings. The van der Waals surface area contributed by atoms with Gasteiger partial charge in [0.1, 0.15) is 0 Å². The highest BCUT2D eigenvalue weighted by Gasteiger charge is 2.19. The molecule has 0 heterocycles. The molecule has 0 atom stereocenters. The molecule has 0 unspecified atom stereocenters. The molecule has 0 radical (unpaired) electrons. The maximum Gasteiger partial charge on any atom is 0.323 e. The Hall–Kier alpha value is -3.62. The summed E-state index contributed by atoms with van der Waals surface area (Å²) in [6, 6.07) is 10.1. The van der Waals surface area contributed by atoms with Gasteiger partial charge in [0.15, 0.2) is 0 Å². The van der Waals surface area contributed by atoms with Crippen molar-refractivity contribution in [2.24, 2.45) is 0 Å². The number of benzene rings is 2. The van der Waals surface area contributed by atoms with Gasteiger partial charge in [0.05, 0.1) is 10.5 Å². The molecule has 0 aliphatic heterocycles. The molecule has 0 saturated carbocycles. The molecule has 3 amide bonds. The minimum absolute atomic E-state index is 0.0604. The van der Waals surface area contributed by atoms with Gasteiger partial charge in [0.2, 0.25) is 0 Å². The van der Waals surface area contributed by atoms with Crippen LogP contribution in [0.1, 0.15) is 24.2 Å². The molecule has 2 N–H and O–H groups in total. The lowest BCUT2D eigenvalue weighted by molar-refractivity contribution is -0.384. The lowest BCUT2D eigenvalue weighted by Gasteiger charge is -2.23. The molecular formula is C20H25N5O4. The Labute approximate surface area is 169 Å². The summed E-state index contributed by atoms with van der Waals surface area (Å²) >= 11 is 0. The second-order valence-electron chi connectivity index (χ2n) is 6.49. The molecule has 0 aliphatic carbocycles. The first kappa shape index (κ1) is 21.7. The van der Waals surface area contributed by atoms with E-state index in [2.05, 4.69) is 10.6 Å². The summed E-state index contributed by atoms with van der Waals surface area (Å²) in [6.07, 6.45) is 0. The van der Waals surface area contributed by atoms with Gasteiger partial charge in [-0.2, -0.15) is 0 Å². The number of urea groups is 1. The van der Waals surface area contributed by atoms with Gasteiger partial charge >= 0.3 is 6.03 Å². The van der Waals surface area contributed by atoms with Crippen molar-refractivity contribution in [3.63, 3.8) is 0 Å². The molecule has 2 rings (SSSR count). The molecule has 9 nitrogen and oxygen atoms in total. The monoisotopic (exact) mass is 399 g/mol. The fourth-order valence-corrected chi connectivity index (χ4v) is 2.82. The Morgan fingerprint density at radius 3 is 2.03 bits per heavy atom. The third kappa shape index (κ3) is 5.44. The summed E-state index contributed by atoms with van der Waals surface area (Å²) in [6.45, 7) is 4.99. The van der Waals surface area contributed by atoms with E-state index in [0.717, 1.165) is 5.69 Å². The van der Waals surface area contributed by atoms with Crippen molar-refractivity contribution >= 4 is 34.7 Å². The Morgan fingerprint density at radius 1 is 0.966 bits per heavy atom. The number of carbonyl (C=O) groups excluding carboxylic acids is 2. The summed E-state index contributed by atoms with van der Waals surface area (Å²) in [7, 11) is 3.70. The smallest absolute Gasteiger partial charge is 0.323 e. The van der Waals surface area contributed by atoms with Crippen LogP contribution in [0.5, 0.6) is 0 Å². The number of amides is 3. The van der Waals surface area contributed by atoms with E-state index in [1.54, 1.807) is 23.1 Å². The van der Waals surface area contributed by atoms with E-state index in [-0.39, 0.29) is 11.6 Å². The summed E-state index contributed by atoms with van der Waals surface area (Å²) in [4.78, 5) is 38.9. The number of rotatable bonds is 7. The average molecular weight is 399 g/mol. The van der Waals surface area contributed by atoms with E-state index in [9.17, 15) is 19.7 Å². The van der Waals surface area contributed by atoms with Crippen molar-refractivity contribution in [1.29, 1.82) is 0 Å². The second-order valence-corrected chi connectivity index (χ2v) is 6.49. The number of nitrogens with one attached hydrogen (secondary N) is 2. The molecular weight excluding hydrogens is 374 g/mol. The van der Waals surface area contributed by atoms with Crippen molar-refractivity contribution in [3.8, 4) is 0 Å². The summed E-state index contributed by atoms with van der Waals surface area (Å²) in [5, 5.41) is 16.0. The molecule has 2 aromatic rings. The van der Waals surface area contributed by atoms with Crippen molar-refractivity contribution in [2.45, 2.75) is 13.8 Å². The van der Waals surface area contributed by atoms with E-state index in [0.29, 0.717) is 30.0 Å². The fourth-order valence-electron chi connectivity index (χ4n) is 2.82. The molecule has 2 aromatic carbocycles. The van der Waals surface area contributed by atoms with Crippen LogP contribution in [0.4, 0.5) is 27.5 Å². The largest absolute Gasteiger partial charge is 0.377 e. The standard InChI is InChI=1S/C20H25N5O4/c1-5-24(6-2)19(26)17-13-15(9-12-18(17)23(3)4)22-20(27)21-14-7-10-16(11-8-14)25(28)29/h7-13H,5-6H2,1-4H3,(H2,21,22,27). The van der Waals surface area contributed by atoms with E-state index >= 15 is 0 Å². The number of nitrogens with zero attached hydrogens (tertiary/aromatic N) is 3. The molecule has 29 heavy (non-hydrogen) atoms. The second kappa shape index (κ2) is 9.54. The number of anilines is 3. The zero-order valence-electron chi connectivity index (χ0n) is 16.9.